The molecule has 0 aliphatic heterocycles. The Morgan fingerprint density at radius 2 is 2.06 bits per heavy atom. The summed E-state index contributed by atoms with van der Waals surface area (Å²) >= 11 is 1.52. The van der Waals surface area contributed by atoms with Crippen LogP contribution in [0.15, 0.2) is 18.2 Å². The van der Waals surface area contributed by atoms with Crippen LogP contribution < -0.4 is 5.73 Å². The molecule has 0 amide bonds. The van der Waals surface area contributed by atoms with E-state index in [9.17, 15) is 10.2 Å². The second kappa shape index (κ2) is 4.73. The molecule has 0 bridgehead atoms. The van der Waals surface area contributed by atoms with Crippen LogP contribution in [0, 0.1) is 0 Å². The van der Waals surface area contributed by atoms with E-state index in [-0.39, 0.29) is 11.5 Å². The predicted octanol–water partition coefficient (Wildman–Crippen LogP) is 2.24. The lowest BCUT2D eigenvalue weighted by atomic mass is 10.2. The Morgan fingerprint density at radius 1 is 1.29 bits per heavy atom. The van der Waals surface area contributed by atoms with Crippen molar-refractivity contribution in [2.45, 2.75) is 19.9 Å². The first-order chi connectivity index (χ1) is 8.15. The number of aromatic hydroxyl groups is 2. The minimum atomic E-state index is -0.134. The first kappa shape index (κ1) is 11.9. The third kappa shape index (κ3) is 2.25. The van der Waals surface area contributed by atoms with Gasteiger partial charge in [0, 0.05) is 17.0 Å². The molecule has 0 saturated heterocycles. The zero-order valence-corrected chi connectivity index (χ0v) is 10.3. The number of phenols is 2. The zero-order chi connectivity index (χ0) is 12.4. The largest absolute Gasteiger partial charge is 0.504 e. The van der Waals surface area contributed by atoms with Gasteiger partial charge >= 0.3 is 0 Å². The van der Waals surface area contributed by atoms with E-state index in [2.05, 4.69) is 4.98 Å². The van der Waals surface area contributed by atoms with Gasteiger partial charge in [-0.15, -0.1) is 11.3 Å². The van der Waals surface area contributed by atoms with Crippen LogP contribution in [-0.2, 0) is 13.0 Å². The molecule has 2 rings (SSSR count). The van der Waals surface area contributed by atoms with Gasteiger partial charge in [0.2, 0.25) is 0 Å². The molecule has 90 valence electrons. The molecule has 0 fully saturated rings. The Balaban J connectivity index is 2.45. The fraction of sp³-hybridized carbons (Fsp3) is 0.250. The molecule has 1 heterocycles. The van der Waals surface area contributed by atoms with Crippen LogP contribution in [0.25, 0.3) is 10.6 Å². The summed E-state index contributed by atoms with van der Waals surface area (Å²) in [5, 5.41) is 19.5. The van der Waals surface area contributed by atoms with E-state index in [1.54, 1.807) is 6.07 Å². The number of hydrogen-bond donors (Lipinski definition) is 3. The molecule has 0 atom stereocenters. The monoisotopic (exact) mass is 250 g/mol. The number of phenolic OH excluding ortho intramolecular Hbond substituents is 2. The topological polar surface area (TPSA) is 79.4 Å². The summed E-state index contributed by atoms with van der Waals surface area (Å²) in [5.74, 6) is -0.259. The molecule has 1 aromatic carbocycles. The molecule has 0 saturated carbocycles. The number of rotatable bonds is 3. The fourth-order valence-electron chi connectivity index (χ4n) is 1.60. The molecule has 0 aliphatic carbocycles. The maximum atomic E-state index is 9.45. The third-order valence-electron chi connectivity index (χ3n) is 2.52. The average molecular weight is 250 g/mol. The molecule has 0 radical (unpaired) electrons. The second-order valence-electron chi connectivity index (χ2n) is 3.65. The van der Waals surface area contributed by atoms with Gasteiger partial charge in [0.1, 0.15) is 5.01 Å². The summed E-state index contributed by atoms with van der Waals surface area (Å²) < 4.78 is 0. The standard InChI is InChI=1S/C12H14N2O2S/c1-2-8-11(6-13)17-12(14-8)7-3-4-9(15)10(16)5-7/h3-5,15-16H,2,6,13H2,1H3. The lowest BCUT2D eigenvalue weighted by Gasteiger charge is -1.99. The number of nitrogens with two attached hydrogens (primary N) is 1. The van der Waals surface area contributed by atoms with Gasteiger partial charge in [0.05, 0.1) is 5.69 Å². The first-order valence-corrected chi connectivity index (χ1v) is 6.18. The van der Waals surface area contributed by atoms with Crippen LogP contribution in [0.4, 0.5) is 0 Å². The van der Waals surface area contributed by atoms with Gasteiger partial charge in [-0.1, -0.05) is 6.92 Å². The van der Waals surface area contributed by atoms with Crippen molar-refractivity contribution in [3.8, 4) is 22.1 Å². The van der Waals surface area contributed by atoms with Crippen molar-refractivity contribution in [2.75, 3.05) is 0 Å². The quantitative estimate of drug-likeness (QED) is 0.730. The lowest BCUT2D eigenvalue weighted by molar-refractivity contribution is 0.404. The summed E-state index contributed by atoms with van der Waals surface area (Å²) in [5.41, 5.74) is 7.44. The van der Waals surface area contributed by atoms with Crippen molar-refractivity contribution in [2.24, 2.45) is 5.73 Å². The van der Waals surface area contributed by atoms with E-state index in [0.29, 0.717) is 6.54 Å². The minimum absolute atomic E-state index is 0.125. The Kier molecular flexibility index (Phi) is 3.31. The smallest absolute Gasteiger partial charge is 0.158 e. The number of aryl methyl sites for hydroxylation is 1. The minimum Gasteiger partial charge on any atom is -0.504 e. The van der Waals surface area contributed by atoms with Crippen molar-refractivity contribution in [3.63, 3.8) is 0 Å². The molecule has 0 aliphatic rings. The average Bonchev–Trinajstić information content (AvgIpc) is 2.75. The van der Waals surface area contributed by atoms with E-state index in [0.717, 1.165) is 27.6 Å². The van der Waals surface area contributed by atoms with Crippen LogP contribution in [-0.4, -0.2) is 15.2 Å². The molecule has 4 nitrogen and oxygen atoms in total. The van der Waals surface area contributed by atoms with Gasteiger partial charge in [-0.05, 0) is 24.6 Å². The number of thiazole rings is 1. The summed E-state index contributed by atoms with van der Waals surface area (Å²) in [6.45, 7) is 2.51. The van der Waals surface area contributed by atoms with E-state index >= 15 is 0 Å². The second-order valence-corrected chi connectivity index (χ2v) is 4.73. The van der Waals surface area contributed by atoms with Crippen LogP contribution in [0.1, 0.15) is 17.5 Å². The fourth-order valence-corrected chi connectivity index (χ4v) is 2.62. The van der Waals surface area contributed by atoms with Crippen molar-refractivity contribution in [1.29, 1.82) is 0 Å². The van der Waals surface area contributed by atoms with E-state index in [1.807, 2.05) is 6.92 Å². The van der Waals surface area contributed by atoms with Gasteiger partial charge in [-0.25, -0.2) is 4.98 Å². The Labute approximate surface area is 103 Å². The highest BCUT2D eigenvalue weighted by Gasteiger charge is 2.11. The Morgan fingerprint density at radius 3 is 2.59 bits per heavy atom. The normalized spacial score (nSPS) is 10.7. The maximum absolute atomic E-state index is 9.45. The summed E-state index contributed by atoms with van der Waals surface area (Å²) in [6.07, 6.45) is 0.840. The Bertz CT molecular complexity index is 516. The summed E-state index contributed by atoms with van der Waals surface area (Å²) in [7, 11) is 0. The molecule has 0 spiro atoms. The van der Waals surface area contributed by atoms with Gasteiger partial charge in [0.15, 0.2) is 11.5 Å². The highest BCUT2D eigenvalue weighted by Crippen LogP contribution is 2.33. The van der Waals surface area contributed by atoms with Crippen molar-refractivity contribution in [1.82, 2.24) is 4.98 Å². The number of hydrogen-bond acceptors (Lipinski definition) is 5. The van der Waals surface area contributed by atoms with E-state index in [1.165, 1.54) is 23.5 Å². The molecule has 2 aromatic rings. The molecule has 5 heteroatoms. The molecule has 0 unspecified atom stereocenters. The third-order valence-corrected chi connectivity index (χ3v) is 3.69. The van der Waals surface area contributed by atoms with Gasteiger partial charge in [0.25, 0.3) is 0 Å². The van der Waals surface area contributed by atoms with Crippen LogP contribution in [0.2, 0.25) is 0 Å². The maximum Gasteiger partial charge on any atom is 0.158 e. The zero-order valence-electron chi connectivity index (χ0n) is 9.47. The van der Waals surface area contributed by atoms with Gasteiger partial charge in [-0.3, -0.25) is 0 Å². The number of benzene rings is 1. The molecular weight excluding hydrogens is 236 g/mol. The summed E-state index contributed by atoms with van der Waals surface area (Å²) in [4.78, 5) is 5.55. The summed E-state index contributed by atoms with van der Waals surface area (Å²) in [6, 6.07) is 4.70. The first-order valence-electron chi connectivity index (χ1n) is 5.36. The molecule has 1 aromatic heterocycles. The number of aromatic nitrogens is 1. The van der Waals surface area contributed by atoms with Crippen molar-refractivity contribution in [3.05, 3.63) is 28.8 Å². The van der Waals surface area contributed by atoms with Crippen molar-refractivity contribution < 1.29 is 10.2 Å². The Hall–Kier alpha value is -1.59. The number of nitrogens with zero attached hydrogens (tertiary/aromatic N) is 1. The highest BCUT2D eigenvalue weighted by atomic mass is 32.1. The van der Waals surface area contributed by atoms with Gasteiger partial charge < -0.3 is 15.9 Å². The van der Waals surface area contributed by atoms with Crippen LogP contribution >= 0.6 is 11.3 Å². The molecule has 4 N–H and O–H groups in total. The molecular formula is C12H14N2O2S. The van der Waals surface area contributed by atoms with Crippen molar-refractivity contribution >= 4 is 11.3 Å². The van der Waals surface area contributed by atoms with Gasteiger partial charge in [-0.2, -0.15) is 0 Å². The van der Waals surface area contributed by atoms with E-state index in [4.69, 9.17) is 5.73 Å². The SMILES string of the molecule is CCc1nc(-c2ccc(O)c(O)c2)sc1CN. The highest BCUT2D eigenvalue weighted by molar-refractivity contribution is 7.15. The lowest BCUT2D eigenvalue weighted by Crippen LogP contribution is -1.96. The van der Waals surface area contributed by atoms with Crippen LogP contribution in [0.5, 0.6) is 11.5 Å². The molecule has 17 heavy (non-hydrogen) atoms. The van der Waals surface area contributed by atoms with Crippen LogP contribution in [0.3, 0.4) is 0 Å². The van der Waals surface area contributed by atoms with E-state index < -0.39 is 0 Å². The predicted molar refractivity (Wildman–Crippen MR) is 68.1 cm³/mol.